The summed E-state index contributed by atoms with van der Waals surface area (Å²) in [6, 6.07) is 6.06. The number of hydrogen-bond acceptors (Lipinski definition) is 5. The van der Waals surface area contributed by atoms with Gasteiger partial charge in [-0.15, -0.1) is 0 Å². The number of benzene rings is 1. The Hall–Kier alpha value is -3.37. The van der Waals surface area contributed by atoms with Crippen molar-refractivity contribution in [2.24, 2.45) is 5.73 Å². The first-order valence-corrected chi connectivity index (χ1v) is 10.4. The van der Waals surface area contributed by atoms with Crippen LogP contribution in [0.4, 0.5) is 22.4 Å². The van der Waals surface area contributed by atoms with Crippen molar-refractivity contribution in [2.45, 2.75) is 50.8 Å². The number of alkyl carbamates (subject to hydrolysis) is 1. The van der Waals surface area contributed by atoms with E-state index in [2.05, 4.69) is 10.3 Å². The van der Waals surface area contributed by atoms with E-state index in [1.807, 2.05) is 0 Å². The minimum Gasteiger partial charge on any atom is -0.489 e. The number of carbonyl (C=O) groups excluding carboxylic acids is 2. The number of aromatic nitrogens is 1. The van der Waals surface area contributed by atoms with Crippen molar-refractivity contribution in [3.8, 4) is 17.0 Å². The fourth-order valence-electron chi connectivity index (χ4n) is 3.48. The lowest BCUT2D eigenvalue weighted by atomic mass is 9.82. The molecule has 11 heteroatoms. The van der Waals surface area contributed by atoms with Gasteiger partial charge in [-0.25, -0.2) is 14.2 Å². The normalized spacial score (nSPS) is 18.6. The molecule has 0 radical (unpaired) electrons. The van der Waals surface area contributed by atoms with Crippen molar-refractivity contribution in [3.05, 3.63) is 47.4 Å². The smallest absolute Gasteiger partial charge is 0.407 e. The largest absolute Gasteiger partial charge is 0.489 e. The molecule has 0 spiro atoms. The Bertz CT molecular complexity index is 1100. The van der Waals surface area contributed by atoms with E-state index in [4.69, 9.17) is 15.2 Å². The maximum atomic E-state index is 14.1. The van der Waals surface area contributed by atoms with Gasteiger partial charge >= 0.3 is 12.3 Å². The summed E-state index contributed by atoms with van der Waals surface area (Å²) in [7, 11) is 0. The number of rotatable bonds is 5. The average Bonchev–Trinajstić information content (AvgIpc) is 3.04. The number of fused-ring (bicyclic) bond motifs is 1. The number of ether oxygens (including phenoxy) is 2. The van der Waals surface area contributed by atoms with Gasteiger partial charge in [-0.2, -0.15) is 13.2 Å². The van der Waals surface area contributed by atoms with Crippen LogP contribution >= 0.6 is 0 Å². The molecule has 0 saturated carbocycles. The molecule has 1 aromatic heterocycles. The zero-order chi connectivity index (χ0) is 25.5. The molecule has 184 valence electrons. The molecule has 2 heterocycles. The van der Waals surface area contributed by atoms with Gasteiger partial charge < -0.3 is 20.5 Å². The van der Waals surface area contributed by atoms with Gasteiger partial charge in [0.15, 0.2) is 0 Å². The number of carbonyl (C=O) groups is 2. The highest BCUT2D eigenvalue weighted by molar-refractivity contribution is 5.90. The van der Waals surface area contributed by atoms with Gasteiger partial charge in [0.2, 0.25) is 5.91 Å². The quantitative estimate of drug-likeness (QED) is 0.621. The second-order valence-corrected chi connectivity index (χ2v) is 9.24. The van der Waals surface area contributed by atoms with Gasteiger partial charge in [-0.05, 0) is 58.0 Å². The first-order valence-electron chi connectivity index (χ1n) is 10.4. The summed E-state index contributed by atoms with van der Waals surface area (Å²) < 4.78 is 66.3. The first kappa shape index (κ1) is 25.3. The van der Waals surface area contributed by atoms with E-state index >= 15 is 0 Å². The number of halogens is 4. The van der Waals surface area contributed by atoms with Crippen LogP contribution in [0.2, 0.25) is 0 Å². The van der Waals surface area contributed by atoms with Crippen LogP contribution in [0.15, 0.2) is 30.3 Å². The number of nitrogens with one attached hydrogen (secondary N) is 1. The molecule has 1 aromatic carbocycles. The van der Waals surface area contributed by atoms with Gasteiger partial charge in [0.1, 0.15) is 40.8 Å². The molecule has 0 aliphatic carbocycles. The maximum Gasteiger partial charge on any atom is 0.407 e. The predicted molar refractivity (Wildman–Crippen MR) is 115 cm³/mol. The van der Waals surface area contributed by atoms with Gasteiger partial charge in [0.25, 0.3) is 0 Å². The highest BCUT2D eigenvalue weighted by Gasteiger charge is 2.47. The molecule has 2 aromatic rings. The standard InChI is InChI=1S/C23H25F4N3O4/c1-21(2,3)34-20(32)29-10-15(23(25,26)27)16-9-14-18(33-11-22(14,4)19(28)31)17(30-16)12-5-7-13(24)8-6-12/h5-9,15H,10-11H2,1-4H3,(H2,28,31)(H,29,32)/t15-,22+/m1/s1. The summed E-state index contributed by atoms with van der Waals surface area (Å²) in [5.74, 6) is -3.47. The zero-order valence-corrected chi connectivity index (χ0v) is 19.0. The summed E-state index contributed by atoms with van der Waals surface area (Å²) in [5, 5.41) is 2.13. The van der Waals surface area contributed by atoms with Crippen LogP contribution in [0.5, 0.6) is 5.75 Å². The van der Waals surface area contributed by atoms with E-state index < -0.39 is 53.2 Å². The number of primary amides is 1. The number of pyridine rings is 1. The summed E-state index contributed by atoms with van der Waals surface area (Å²) in [6.45, 7) is 5.15. The lowest BCUT2D eigenvalue weighted by molar-refractivity contribution is -0.150. The summed E-state index contributed by atoms with van der Waals surface area (Å²) in [4.78, 5) is 28.3. The van der Waals surface area contributed by atoms with Gasteiger partial charge in [-0.3, -0.25) is 4.79 Å². The first-order chi connectivity index (χ1) is 15.6. The maximum absolute atomic E-state index is 14.1. The zero-order valence-electron chi connectivity index (χ0n) is 19.0. The molecule has 2 amide bonds. The van der Waals surface area contributed by atoms with E-state index in [9.17, 15) is 27.2 Å². The topological polar surface area (TPSA) is 104 Å². The van der Waals surface area contributed by atoms with Crippen molar-refractivity contribution < 1.29 is 36.6 Å². The molecule has 3 rings (SSSR count). The Balaban J connectivity index is 2.11. The number of nitrogens with two attached hydrogens (primary N) is 1. The van der Waals surface area contributed by atoms with E-state index in [0.717, 1.165) is 18.2 Å². The van der Waals surface area contributed by atoms with Crippen LogP contribution in [-0.2, 0) is 14.9 Å². The number of hydrogen-bond donors (Lipinski definition) is 2. The molecule has 1 aliphatic rings. The summed E-state index contributed by atoms with van der Waals surface area (Å²) in [5.41, 5.74) is 3.20. The highest BCUT2D eigenvalue weighted by atomic mass is 19.4. The van der Waals surface area contributed by atoms with Crippen molar-refractivity contribution in [1.82, 2.24) is 10.3 Å². The second kappa shape index (κ2) is 8.77. The van der Waals surface area contributed by atoms with Crippen LogP contribution in [-0.4, -0.2) is 41.9 Å². The average molecular weight is 483 g/mol. The molecule has 1 aliphatic heterocycles. The molecule has 0 unspecified atom stereocenters. The van der Waals surface area contributed by atoms with Crippen LogP contribution < -0.4 is 15.8 Å². The van der Waals surface area contributed by atoms with Crippen molar-refractivity contribution in [2.75, 3.05) is 13.2 Å². The van der Waals surface area contributed by atoms with E-state index in [1.165, 1.54) is 19.1 Å². The molecule has 0 fully saturated rings. The minimum atomic E-state index is -4.81. The summed E-state index contributed by atoms with van der Waals surface area (Å²) >= 11 is 0. The number of nitrogens with zero attached hydrogens (tertiary/aromatic N) is 1. The fourth-order valence-corrected chi connectivity index (χ4v) is 3.48. The molecule has 0 saturated heterocycles. The molecular formula is C23H25F4N3O4. The fraction of sp³-hybridized carbons (Fsp3) is 0.435. The molecular weight excluding hydrogens is 458 g/mol. The van der Waals surface area contributed by atoms with Crippen molar-refractivity contribution in [1.29, 1.82) is 0 Å². The third kappa shape index (κ3) is 5.23. The van der Waals surface area contributed by atoms with E-state index in [1.54, 1.807) is 20.8 Å². The number of amides is 2. The lowest BCUT2D eigenvalue weighted by Gasteiger charge is -2.25. The minimum absolute atomic E-state index is 0.00370. The second-order valence-electron chi connectivity index (χ2n) is 9.24. The Morgan fingerprint density at radius 3 is 2.38 bits per heavy atom. The third-order valence-electron chi connectivity index (χ3n) is 5.36. The van der Waals surface area contributed by atoms with Gasteiger partial charge in [0, 0.05) is 17.7 Å². The van der Waals surface area contributed by atoms with Gasteiger partial charge in [0.05, 0.1) is 5.69 Å². The Kier molecular flexibility index (Phi) is 6.51. The van der Waals surface area contributed by atoms with Crippen LogP contribution in [0.3, 0.4) is 0 Å². The van der Waals surface area contributed by atoms with E-state index in [0.29, 0.717) is 0 Å². The molecule has 3 N–H and O–H groups in total. The SMILES string of the molecule is CC(C)(C)OC(=O)NC[C@H](c1cc2c(c(-c3ccc(F)cc3)n1)OC[C@]2(C)C(N)=O)C(F)(F)F. The molecule has 34 heavy (non-hydrogen) atoms. The third-order valence-corrected chi connectivity index (χ3v) is 5.36. The van der Waals surface area contributed by atoms with Crippen LogP contribution in [0, 0.1) is 5.82 Å². The Morgan fingerprint density at radius 2 is 1.85 bits per heavy atom. The predicted octanol–water partition coefficient (Wildman–Crippen LogP) is 4.19. The highest BCUT2D eigenvalue weighted by Crippen LogP contribution is 2.46. The summed E-state index contributed by atoms with van der Waals surface area (Å²) in [6.07, 6.45) is -5.83. The van der Waals surface area contributed by atoms with Crippen molar-refractivity contribution >= 4 is 12.0 Å². The number of alkyl halides is 3. The Labute approximate surface area is 193 Å². The molecule has 2 atom stereocenters. The van der Waals surface area contributed by atoms with Crippen LogP contribution in [0.1, 0.15) is 44.9 Å². The lowest BCUT2D eigenvalue weighted by Crippen LogP contribution is -2.40. The van der Waals surface area contributed by atoms with E-state index in [-0.39, 0.29) is 29.2 Å². The molecule has 7 nitrogen and oxygen atoms in total. The monoisotopic (exact) mass is 483 g/mol. The Morgan fingerprint density at radius 1 is 1.24 bits per heavy atom. The van der Waals surface area contributed by atoms with Crippen molar-refractivity contribution in [3.63, 3.8) is 0 Å². The van der Waals surface area contributed by atoms with Crippen LogP contribution in [0.25, 0.3) is 11.3 Å². The molecule has 0 bridgehead atoms. The van der Waals surface area contributed by atoms with Gasteiger partial charge in [-0.1, -0.05) is 0 Å².